The van der Waals surface area contributed by atoms with E-state index in [2.05, 4.69) is 4.98 Å². The van der Waals surface area contributed by atoms with Crippen LogP contribution in [0.25, 0.3) is 0 Å². The Morgan fingerprint density at radius 3 is 2.34 bits per heavy atom. The van der Waals surface area contributed by atoms with Gasteiger partial charge in [0.1, 0.15) is 23.5 Å². The molecule has 8 nitrogen and oxygen atoms in total. The van der Waals surface area contributed by atoms with Gasteiger partial charge < -0.3 is 18.9 Å². The highest BCUT2D eigenvalue weighted by Crippen LogP contribution is 2.32. The smallest absolute Gasteiger partial charge is 0.309 e. The molecule has 0 aliphatic carbocycles. The van der Waals surface area contributed by atoms with Crippen LogP contribution >= 0.6 is 0 Å². The fourth-order valence-electron chi connectivity index (χ4n) is 3.64. The second-order valence-electron chi connectivity index (χ2n) is 8.47. The molecule has 1 aromatic heterocycles. The molecule has 0 spiro atoms. The molecule has 1 heterocycles. The number of hydrogen-bond donors (Lipinski definition) is 0. The number of methoxy groups -OCH3 is 1. The van der Waals surface area contributed by atoms with Gasteiger partial charge in [0, 0.05) is 37.2 Å². The summed E-state index contributed by atoms with van der Waals surface area (Å²) in [6.07, 6.45) is -1.14. The van der Waals surface area contributed by atoms with E-state index in [1.165, 1.54) is 46.2 Å². The van der Waals surface area contributed by atoms with E-state index in [1.54, 1.807) is 30.3 Å². The molecule has 0 saturated heterocycles. The van der Waals surface area contributed by atoms with Gasteiger partial charge in [0.25, 0.3) is 0 Å². The SMILES string of the molecule is COc1ccnc(C(=O)C[C@@H](C)C(=O)O[C@@H](C)[C@H](Oc2ccccc2)c2ccc(F)cc2F)c1OC(C)=O. The fraction of sp³-hybridized carbons (Fsp3) is 0.286. The molecule has 200 valence electrons. The fourth-order valence-corrected chi connectivity index (χ4v) is 3.64. The third-order valence-corrected chi connectivity index (χ3v) is 5.50. The average molecular weight is 528 g/mol. The summed E-state index contributed by atoms with van der Waals surface area (Å²) in [6.45, 7) is 4.15. The summed E-state index contributed by atoms with van der Waals surface area (Å²) in [6, 6.07) is 12.9. The van der Waals surface area contributed by atoms with Crippen molar-refractivity contribution in [3.05, 3.63) is 83.7 Å². The van der Waals surface area contributed by atoms with E-state index in [1.807, 2.05) is 0 Å². The molecule has 0 radical (unpaired) electrons. The minimum absolute atomic E-state index is 0.00844. The summed E-state index contributed by atoms with van der Waals surface area (Å²) in [5.74, 6) is -4.22. The first-order chi connectivity index (χ1) is 18.1. The number of ether oxygens (including phenoxy) is 4. The van der Waals surface area contributed by atoms with E-state index in [0.717, 1.165) is 6.07 Å². The number of carbonyl (C=O) groups excluding carboxylic acids is 3. The van der Waals surface area contributed by atoms with Crippen molar-refractivity contribution in [2.75, 3.05) is 7.11 Å². The second-order valence-corrected chi connectivity index (χ2v) is 8.47. The molecule has 0 fully saturated rings. The maximum atomic E-state index is 14.7. The quantitative estimate of drug-likeness (QED) is 0.246. The summed E-state index contributed by atoms with van der Waals surface area (Å²) >= 11 is 0. The highest BCUT2D eigenvalue weighted by Gasteiger charge is 2.31. The molecule has 0 aliphatic heterocycles. The number of rotatable bonds is 11. The van der Waals surface area contributed by atoms with Gasteiger partial charge in [-0.25, -0.2) is 13.8 Å². The van der Waals surface area contributed by atoms with E-state index >= 15 is 0 Å². The van der Waals surface area contributed by atoms with Crippen LogP contribution in [0.15, 0.2) is 60.8 Å². The molecule has 0 N–H and O–H groups in total. The number of aromatic nitrogens is 1. The number of esters is 2. The van der Waals surface area contributed by atoms with E-state index in [4.69, 9.17) is 18.9 Å². The van der Waals surface area contributed by atoms with Crippen molar-refractivity contribution < 1.29 is 42.1 Å². The normalized spacial score (nSPS) is 13.1. The van der Waals surface area contributed by atoms with Crippen molar-refractivity contribution in [2.24, 2.45) is 5.92 Å². The maximum absolute atomic E-state index is 14.7. The van der Waals surface area contributed by atoms with Gasteiger partial charge in [-0.05, 0) is 31.2 Å². The summed E-state index contributed by atoms with van der Waals surface area (Å²) in [5, 5.41) is 0. The molecule has 10 heteroatoms. The van der Waals surface area contributed by atoms with E-state index < -0.39 is 47.5 Å². The zero-order valence-electron chi connectivity index (χ0n) is 21.3. The number of hydrogen-bond acceptors (Lipinski definition) is 8. The average Bonchev–Trinajstić information content (AvgIpc) is 2.87. The standard InChI is InChI=1S/C28H27F2NO7/c1-16(14-23(33)25-27(37-18(3)32)24(35-4)12-13-31-25)28(34)36-17(2)26(38-20-8-6-5-7-9-20)21-11-10-19(29)15-22(21)30/h5-13,15-17,26H,14H2,1-4H3/t16-,17+,26+/m1/s1. The Morgan fingerprint density at radius 2 is 1.71 bits per heavy atom. The Balaban J connectivity index is 1.77. The first-order valence-electron chi connectivity index (χ1n) is 11.7. The summed E-state index contributed by atoms with van der Waals surface area (Å²) in [7, 11) is 1.34. The van der Waals surface area contributed by atoms with Gasteiger partial charge in [-0.15, -0.1) is 0 Å². The maximum Gasteiger partial charge on any atom is 0.309 e. The number of Topliss-reactive ketones (excluding diaryl/α,β-unsaturated/α-hetero) is 1. The Kier molecular flexibility index (Phi) is 9.48. The minimum Gasteiger partial charge on any atom is -0.493 e. The van der Waals surface area contributed by atoms with Gasteiger partial charge in [-0.1, -0.05) is 25.1 Å². The molecule has 0 aliphatic rings. The van der Waals surface area contributed by atoms with Gasteiger partial charge in [0.15, 0.2) is 23.3 Å². The molecule has 38 heavy (non-hydrogen) atoms. The molecule has 2 aromatic carbocycles. The van der Waals surface area contributed by atoms with Crippen LogP contribution in [0.4, 0.5) is 8.78 Å². The Bertz CT molecular complexity index is 1300. The molecule has 0 unspecified atom stereocenters. The van der Waals surface area contributed by atoms with Crippen molar-refractivity contribution >= 4 is 17.7 Å². The number of pyridine rings is 1. The topological polar surface area (TPSA) is 101 Å². The predicted molar refractivity (Wildman–Crippen MR) is 132 cm³/mol. The highest BCUT2D eigenvalue weighted by molar-refractivity contribution is 5.99. The van der Waals surface area contributed by atoms with Gasteiger partial charge in [-0.3, -0.25) is 14.4 Å². The van der Waals surface area contributed by atoms with E-state index in [9.17, 15) is 23.2 Å². The third-order valence-electron chi connectivity index (χ3n) is 5.50. The largest absolute Gasteiger partial charge is 0.493 e. The van der Waals surface area contributed by atoms with Crippen LogP contribution in [0.2, 0.25) is 0 Å². The van der Waals surface area contributed by atoms with Crippen molar-refractivity contribution in [2.45, 2.75) is 39.4 Å². The molecule has 0 saturated carbocycles. The summed E-state index contributed by atoms with van der Waals surface area (Å²) in [4.78, 5) is 41.4. The summed E-state index contributed by atoms with van der Waals surface area (Å²) in [5.41, 5.74) is -0.184. The lowest BCUT2D eigenvalue weighted by atomic mass is 10.0. The Morgan fingerprint density at radius 1 is 1.00 bits per heavy atom. The Labute approximate surface area is 218 Å². The number of para-hydroxylation sites is 1. The second kappa shape index (κ2) is 12.8. The number of carbonyl (C=O) groups is 3. The van der Waals surface area contributed by atoms with Crippen LogP contribution in [0, 0.1) is 17.6 Å². The van der Waals surface area contributed by atoms with Gasteiger partial charge in [0.2, 0.25) is 5.75 Å². The molecule has 3 atom stereocenters. The van der Waals surface area contributed by atoms with Crippen LogP contribution < -0.4 is 14.2 Å². The van der Waals surface area contributed by atoms with Crippen molar-refractivity contribution in [3.8, 4) is 17.2 Å². The first kappa shape index (κ1) is 28.2. The highest BCUT2D eigenvalue weighted by atomic mass is 19.1. The van der Waals surface area contributed by atoms with Crippen molar-refractivity contribution in [1.82, 2.24) is 4.98 Å². The predicted octanol–water partition coefficient (Wildman–Crippen LogP) is 5.25. The number of benzene rings is 2. The lowest BCUT2D eigenvalue weighted by molar-refractivity contribution is -0.157. The van der Waals surface area contributed by atoms with Crippen LogP contribution in [0.3, 0.4) is 0 Å². The van der Waals surface area contributed by atoms with Gasteiger partial charge >= 0.3 is 11.9 Å². The number of halogens is 2. The molecular weight excluding hydrogens is 500 g/mol. The van der Waals surface area contributed by atoms with E-state index in [0.29, 0.717) is 11.8 Å². The molecular formula is C28H27F2NO7. The lowest BCUT2D eigenvalue weighted by Gasteiger charge is -2.27. The van der Waals surface area contributed by atoms with Crippen LogP contribution in [0.5, 0.6) is 17.2 Å². The molecule has 0 amide bonds. The number of ketones is 1. The zero-order chi connectivity index (χ0) is 27.8. The first-order valence-corrected chi connectivity index (χ1v) is 11.7. The minimum atomic E-state index is -1.11. The molecule has 3 rings (SSSR count). The molecule has 0 bridgehead atoms. The monoisotopic (exact) mass is 527 g/mol. The van der Waals surface area contributed by atoms with Crippen molar-refractivity contribution in [1.29, 1.82) is 0 Å². The molecule has 3 aromatic rings. The van der Waals surface area contributed by atoms with Crippen LogP contribution in [0.1, 0.15) is 49.3 Å². The zero-order valence-corrected chi connectivity index (χ0v) is 21.3. The third kappa shape index (κ3) is 7.12. The van der Waals surface area contributed by atoms with Crippen LogP contribution in [-0.2, 0) is 14.3 Å². The lowest BCUT2D eigenvalue weighted by Crippen LogP contribution is -2.30. The number of nitrogens with zero attached hydrogens (tertiary/aromatic N) is 1. The van der Waals surface area contributed by atoms with Crippen molar-refractivity contribution in [3.63, 3.8) is 0 Å². The van der Waals surface area contributed by atoms with E-state index in [-0.39, 0.29) is 29.2 Å². The van der Waals surface area contributed by atoms with Gasteiger partial charge in [-0.2, -0.15) is 0 Å². The summed E-state index contributed by atoms with van der Waals surface area (Å²) < 4.78 is 49.9. The Hall–Kier alpha value is -4.34. The van der Waals surface area contributed by atoms with Gasteiger partial charge in [0.05, 0.1) is 13.0 Å². The van der Waals surface area contributed by atoms with Crippen LogP contribution in [-0.4, -0.2) is 35.9 Å².